The van der Waals surface area contributed by atoms with Crippen molar-refractivity contribution < 1.29 is 9.32 Å². The van der Waals surface area contributed by atoms with Crippen LogP contribution in [0.3, 0.4) is 0 Å². The molecule has 0 spiro atoms. The van der Waals surface area contributed by atoms with Gasteiger partial charge >= 0.3 is 0 Å². The van der Waals surface area contributed by atoms with Crippen LogP contribution in [-0.2, 0) is 0 Å². The molecule has 2 heterocycles. The lowest BCUT2D eigenvalue weighted by molar-refractivity contribution is 0.0694. The number of halogens is 1. The monoisotopic (exact) mass is 293 g/mol. The minimum absolute atomic E-state index is 0. The van der Waals surface area contributed by atoms with Gasteiger partial charge in [0.15, 0.2) is 0 Å². The number of nitrogens with one attached hydrogen (secondary N) is 1. The Kier molecular flexibility index (Phi) is 4.76. The molecule has 1 aliphatic heterocycles. The molecule has 0 radical (unpaired) electrons. The van der Waals surface area contributed by atoms with Crippen LogP contribution in [0.15, 0.2) is 40.9 Å². The summed E-state index contributed by atoms with van der Waals surface area (Å²) < 4.78 is 5.17. The summed E-state index contributed by atoms with van der Waals surface area (Å²) in [6.45, 7) is 3.07. The van der Waals surface area contributed by atoms with Crippen molar-refractivity contribution in [3.8, 4) is 11.3 Å². The van der Waals surface area contributed by atoms with Crippen LogP contribution in [0.5, 0.6) is 0 Å². The SMILES string of the molecule is Cl.O=C(c1cc(-c2ccccc2)no1)N1CCNCC1. The normalized spacial score (nSPS) is 14.7. The Balaban J connectivity index is 0.00000147. The first kappa shape index (κ1) is 14.6. The number of carbonyl (C=O) groups is 1. The maximum absolute atomic E-state index is 12.2. The van der Waals surface area contributed by atoms with Gasteiger partial charge in [-0.3, -0.25) is 4.79 Å². The first-order chi connectivity index (χ1) is 9.34. The van der Waals surface area contributed by atoms with Crippen molar-refractivity contribution in [1.29, 1.82) is 0 Å². The van der Waals surface area contributed by atoms with Gasteiger partial charge in [-0.25, -0.2) is 0 Å². The highest BCUT2D eigenvalue weighted by molar-refractivity contribution is 5.92. The third-order valence-electron chi connectivity index (χ3n) is 3.19. The molecule has 1 aromatic heterocycles. The Labute approximate surface area is 123 Å². The average Bonchev–Trinajstić information content (AvgIpc) is 2.98. The van der Waals surface area contributed by atoms with Gasteiger partial charge in [-0.15, -0.1) is 12.4 Å². The molecule has 2 aromatic rings. The summed E-state index contributed by atoms with van der Waals surface area (Å²) >= 11 is 0. The summed E-state index contributed by atoms with van der Waals surface area (Å²) in [4.78, 5) is 14.0. The number of piperazine rings is 1. The minimum atomic E-state index is -0.0869. The standard InChI is InChI=1S/C14H15N3O2.ClH/c18-14(17-8-6-15-7-9-17)13-10-12(16-19-13)11-4-2-1-3-5-11;/h1-5,10,15H,6-9H2;1H. The van der Waals surface area contributed by atoms with Gasteiger partial charge in [0.25, 0.3) is 5.91 Å². The van der Waals surface area contributed by atoms with Crippen LogP contribution in [0, 0.1) is 0 Å². The van der Waals surface area contributed by atoms with Crippen LogP contribution in [0.1, 0.15) is 10.6 Å². The fraction of sp³-hybridized carbons (Fsp3) is 0.286. The fourth-order valence-corrected chi connectivity index (χ4v) is 2.14. The van der Waals surface area contributed by atoms with Gasteiger partial charge in [0.2, 0.25) is 5.76 Å². The molecule has 1 amide bonds. The second-order valence-electron chi connectivity index (χ2n) is 4.48. The van der Waals surface area contributed by atoms with Gasteiger partial charge in [-0.05, 0) is 0 Å². The molecule has 6 heteroatoms. The van der Waals surface area contributed by atoms with E-state index >= 15 is 0 Å². The molecule has 0 atom stereocenters. The lowest BCUT2D eigenvalue weighted by atomic mass is 10.1. The van der Waals surface area contributed by atoms with E-state index in [2.05, 4.69) is 10.5 Å². The van der Waals surface area contributed by atoms with Crippen LogP contribution < -0.4 is 5.32 Å². The summed E-state index contributed by atoms with van der Waals surface area (Å²) in [5.41, 5.74) is 1.64. The molecule has 20 heavy (non-hydrogen) atoms. The van der Waals surface area contributed by atoms with E-state index in [0.717, 1.165) is 18.7 Å². The van der Waals surface area contributed by atoms with Crippen LogP contribution >= 0.6 is 12.4 Å². The number of carbonyl (C=O) groups excluding carboxylic acids is 1. The number of hydrogen-bond acceptors (Lipinski definition) is 4. The van der Waals surface area contributed by atoms with Crippen molar-refractivity contribution in [3.63, 3.8) is 0 Å². The first-order valence-corrected chi connectivity index (χ1v) is 6.37. The number of amides is 1. The molecule has 0 saturated carbocycles. The maximum atomic E-state index is 12.2. The van der Waals surface area contributed by atoms with Crippen LogP contribution in [0.25, 0.3) is 11.3 Å². The number of aromatic nitrogens is 1. The lowest BCUT2D eigenvalue weighted by Crippen LogP contribution is -2.46. The molecule has 106 valence electrons. The zero-order valence-corrected chi connectivity index (χ0v) is 11.7. The Morgan fingerprint density at radius 2 is 1.90 bits per heavy atom. The number of benzene rings is 1. The predicted octanol–water partition coefficient (Wildman–Crippen LogP) is 1.81. The van der Waals surface area contributed by atoms with Gasteiger partial charge < -0.3 is 14.7 Å². The van der Waals surface area contributed by atoms with Gasteiger partial charge in [-0.2, -0.15) is 0 Å². The molecule has 3 rings (SSSR count). The maximum Gasteiger partial charge on any atom is 0.292 e. The molecule has 1 aliphatic rings. The largest absolute Gasteiger partial charge is 0.350 e. The van der Waals surface area contributed by atoms with E-state index in [-0.39, 0.29) is 18.3 Å². The first-order valence-electron chi connectivity index (χ1n) is 6.37. The summed E-state index contributed by atoms with van der Waals surface area (Å²) in [6.07, 6.45) is 0. The van der Waals surface area contributed by atoms with E-state index < -0.39 is 0 Å². The molecule has 1 aromatic carbocycles. The van der Waals surface area contributed by atoms with E-state index in [1.54, 1.807) is 11.0 Å². The highest BCUT2D eigenvalue weighted by Crippen LogP contribution is 2.19. The van der Waals surface area contributed by atoms with Crippen molar-refractivity contribution >= 4 is 18.3 Å². The second-order valence-corrected chi connectivity index (χ2v) is 4.48. The van der Waals surface area contributed by atoms with E-state index in [1.807, 2.05) is 30.3 Å². The Morgan fingerprint density at radius 3 is 2.60 bits per heavy atom. The highest BCUT2D eigenvalue weighted by atomic mass is 35.5. The van der Waals surface area contributed by atoms with E-state index in [9.17, 15) is 4.79 Å². The van der Waals surface area contributed by atoms with Crippen LogP contribution in [-0.4, -0.2) is 42.1 Å². The Hall–Kier alpha value is -1.85. The molecule has 0 bridgehead atoms. The summed E-state index contributed by atoms with van der Waals surface area (Å²) in [6, 6.07) is 11.4. The zero-order valence-electron chi connectivity index (χ0n) is 10.9. The molecular formula is C14H16ClN3O2. The molecule has 1 saturated heterocycles. The van der Waals surface area contributed by atoms with E-state index in [0.29, 0.717) is 24.5 Å². The van der Waals surface area contributed by atoms with Gasteiger partial charge in [0.1, 0.15) is 5.69 Å². The third kappa shape index (κ3) is 3.00. The number of rotatable bonds is 2. The Bertz CT molecular complexity index is 565. The summed E-state index contributed by atoms with van der Waals surface area (Å²) in [7, 11) is 0. The molecule has 0 aliphatic carbocycles. The smallest absolute Gasteiger partial charge is 0.292 e. The van der Waals surface area contributed by atoms with Crippen molar-refractivity contribution in [2.24, 2.45) is 0 Å². The van der Waals surface area contributed by atoms with E-state index in [4.69, 9.17) is 4.52 Å². The fourth-order valence-electron chi connectivity index (χ4n) is 2.14. The molecular weight excluding hydrogens is 278 g/mol. The van der Waals surface area contributed by atoms with Crippen molar-refractivity contribution in [3.05, 3.63) is 42.2 Å². The predicted molar refractivity (Wildman–Crippen MR) is 78.0 cm³/mol. The minimum Gasteiger partial charge on any atom is -0.350 e. The van der Waals surface area contributed by atoms with E-state index in [1.165, 1.54) is 0 Å². The summed E-state index contributed by atoms with van der Waals surface area (Å²) in [5.74, 6) is 0.219. The quantitative estimate of drug-likeness (QED) is 0.917. The van der Waals surface area contributed by atoms with Crippen molar-refractivity contribution in [2.75, 3.05) is 26.2 Å². The third-order valence-corrected chi connectivity index (χ3v) is 3.19. The summed E-state index contributed by atoms with van der Waals surface area (Å²) in [5, 5.41) is 7.18. The van der Waals surface area contributed by atoms with Crippen molar-refractivity contribution in [2.45, 2.75) is 0 Å². The average molecular weight is 294 g/mol. The number of hydrogen-bond donors (Lipinski definition) is 1. The second kappa shape index (κ2) is 6.54. The number of nitrogens with zero attached hydrogens (tertiary/aromatic N) is 2. The highest BCUT2D eigenvalue weighted by Gasteiger charge is 2.22. The van der Waals surface area contributed by atoms with Crippen LogP contribution in [0.2, 0.25) is 0 Å². The Morgan fingerprint density at radius 1 is 1.20 bits per heavy atom. The lowest BCUT2D eigenvalue weighted by Gasteiger charge is -2.26. The zero-order chi connectivity index (χ0) is 13.1. The molecule has 0 unspecified atom stereocenters. The molecule has 1 N–H and O–H groups in total. The van der Waals surface area contributed by atoms with Gasteiger partial charge in [-0.1, -0.05) is 35.5 Å². The topological polar surface area (TPSA) is 58.4 Å². The van der Waals surface area contributed by atoms with Crippen LogP contribution in [0.4, 0.5) is 0 Å². The van der Waals surface area contributed by atoms with Gasteiger partial charge in [0, 0.05) is 37.8 Å². The molecule has 5 nitrogen and oxygen atoms in total. The van der Waals surface area contributed by atoms with Crippen molar-refractivity contribution in [1.82, 2.24) is 15.4 Å². The van der Waals surface area contributed by atoms with Gasteiger partial charge in [0.05, 0.1) is 0 Å². The molecule has 1 fully saturated rings.